The quantitative estimate of drug-likeness (QED) is 0.368. The van der Waals surface area contributed by atoms with Crippen molar-refractivity contribution in [1.82, 2.24) is 5.43 Å². The van der Waals surface area contributed by atoms with Gasteiger partial charge in [0.25, 0.3) is 0 Å². The van der Waals surface area contributed by atoms with Crippen LogP contribution in [0.3, 0.4) is 0 Å². The van der Waals surface area contributed by atoms with Crippen LogP contribution in [0, 0.1) is 11.3 Å². The zero-order chi connectivity index (χ0) is 7.28. The van der Waals surface area contributed by atoms with Crippen molar-refractivity contribution in [3.63, 3.8) is 0 Å². The van der Waals surface area contributed by atoms with Gasteiger partial charge in [-0.15, -0.1) is 0 Å². The van der Waals surface area contributed by atoms with E-state index in [1.165, 1.54) is 6.92 Å². The number of hydrazone groups is 1. The highest BCUT2D eigenvalue weighted by Crippen LogP contribution is 1.67. The Morgan fingerprint density at radius 3 is 2.78 bits per heavy atom. The number of nitrogens with two attached hydrogens (primary N) is 1. The number of hydrogen-bond acceptors (Lipinski definition) is 3. The summed E-state index contributed by atoms with van der Waals surface area (Å²) in [6.07, 6.45) is 0. The number of nitriles is 1. The number of hydrogen-bond donors (Lipinski definition) is 2. The van der Waals surface area contributed by atoms with E-state index in [1.54, 1.807) is 6.07 Å². The smallest absolute Gasteiger partial charge is 0.332 e. The Morgan fingerprint density at radius 1 is 1.89 bits per heavy atom. The van der Waals surface area contributed by atoms with Crippen LogP contribution in [0.25, 0.3) is 0 Å². The van der Waals surface area contributed by atoms with Gasteiger partial charge in [-0.25, -0.2) is 10.2 Å². The maximum atomic E-state index is 9.91. The van der Waals surface area contributed by atoms with Crippen molar-refractivity contribution in [3.8, 4) is 6.07 Å². The molecule has 0 spiro atoms. The predicted molar refractivity (Wildman–Crippen MR) is 31.4 cm³/mol. The molecule has 5 nitrogen and oxygen atoms in total. The third kappa shape index (κ3) is 4.28. The van der Waals surface area contributed by atoms with E-state index in [1.807, 2.05) is 5.43 Å². The van der Waals surface area contributed by atoms with Gasteiger partial charge in [-0.3, -0.25) is 0 Å². The topological polar surface area (TPSA) is 91.3 Å². The van der Waals surface area contributed by atoms with Crippen molar-refractivity contribution in [2.24, 2.45) is 10.8 Å². The number of carbonyl (C=O) groups excluding carboxylic acids is 1. The van der Waals surface area contributed by atoms with Crippen molar-refractivity contribution >= 4 is 11.7 Å². The van der Waals surface area contributed by atoms with E-state index < -0.39 is 6.03 Å². The van der Waals surface area contributed by atoms with Gasteiger partial charge in [0.05, 0.1) is 0 Å². The molecule has 5 heteroatoms. The lowest BCUT2D eigenvalue weighted by Gasteiger charge is -1.88. The number of nitrogens with one attached hydrogen (secondary N) is 1. The molecule has 3 N–H and O–H groups in total. The first-order valence-electron chi connectivity index (χ1n) is 2.16. The standard InChI is InChI=1S/C4H6N4O/c1-3(2-5)7-8-4(6)9/h1H3,(H3,6,8,9)/b7-3+. The molecule has 0 bridgehead atoms. The largest absolute Gasteiger partial charge is 0.350 e. The van der Waals surface area contributed by atoms with E-state index >= 15 is 0 Å². The second-order valence-corrected chi connectivity index (χ2v) is 1.29. The van der Waals surface area contributed by atoms with Crippen LogP contribution < -0.4 is 11.2 Å². The number of urea groups is 1. The first-order valence-corrected chi connectivity index (χ1v) is 2.16. The third-order valence-electron chi connectivity index (χ3n) is 0.496. The number of amides is 2. The van der Waals surface area contributed by atoms with Crippen LogP contribution in [0.2, 0.25) is 0 Å². The van der Waals surface area contributed by atoms with Gasteiger partial charge >= 0.3 is 6.03 Å². The molecule has 0 saturated carbocycles. The SMILES string of the molecule is C/C(C#N)=N\NC(N)=O. The second-order valence-electron chi connectivity index (χ2n) is 1.29. The Morgan fingerprint density at radius 2 is 2.44 bits per heavy atom. The molecule has 0 fully saturated rings. The fraction of sp³-hybridized carbons (Fsp3) is 0.250. The van der Waals surface area contributed by atoms with Crippen LogP contribution in [0.4, 0.5) is 4.79 Å². The van der Waals surface area contributed by atoms with Gasteiger partial charge in [0, 0.05) is 0 Å². The fourth-order valence-corrected chi connectivity index (χ4v) is 0.164. The molecule has 0 rings (SSSR count). The summed E-state index contributed by atoms with van der Waals surface area (Å²) in [4.78, 5) is 9.91. The van der Waals surface area contributed by atoms with E-state index in [0.29, 0.717) is 0 Å². The molecule has 0 aromatic carbocycles. The molecule has 0 aliphatic heterocycles. The molecular weight excluding hydrogens is 120 g/mol. The van der Waals surface area contributed by atoms with Crippen LogP contribution >= 0.6 is 0 Å². The van der Waals surface area contributed by atoms with Crippen LogP contribution in [0.5, 0.6) is 0 Å². The Balaban J connectivity index is 3.74. The first kappa shape index (κ1) is 7.43. The minimum absolute atomic E-state index is 0.161. The first-order chi connectivity index (χ1) is 4.16. The van der Waals surface area contributed by atoms with Crippen molar-refractivity contribution in [3.05, 3.63) is 0 Å². The van der Waals surface area contributed by atoms with Crippen LogP contribution in [-0.2, 0) is 0 Å². The molecule has 0 radical (unpaired) electrons. The lowest BCUT2D eigenvalue weighted by molar-refractivity contribution is 0.249. The Kier molecular flexibility index (Phi) is 2.84. The van der Waals surface area contributed by atoms with Crippen molar-refractivity contribution in [2.45, 2.75) is 6.92 Å². The van der Waals surface area contributed by atoms with Gasteiger partial charge in [-0.05, 0) is 6.92 Å². The fourth-order valence-electron chi connectivity index (χ4n) is 0.164. The summed E-state index contributed by atoms with van der Waals surface area (Å²) in [6, 6.07) is 0.926. The lowest BCUT2D eigenvalue weighted by atomic mass is 10.5. The van der Waals surface area contributed by atoms with Gasteiger partial charge in [0.15, 0.2) is 0 Å². The Hall–Kier alpha value is -1.57. The molecule has 0 heterocycles. The van der Waals surface area contributed by atoms with Crippen molar-refractivity contribution in [1.29, 1.82) is 5.26 Å². The summed E-state index contributed by atoms with van der Waals surface area (Å²) >= 11 is 0. The van der Waals surface area contributed by atoms with E-state index in [2.05, 4.69) is 10.8 Å². The van der Waals surface area contributed by atoms with Crippen LogP contribution in [0.15, 0.2) is 5.10 Å². The number of rotatable bonds is 1. The minimum atomic E-state index is -0.774. The normalized spacial score (nSPS) is 10.0. The number of nitrogens with zero attached hydrogens (tertiary/aromatic N) is 2. The minimum Gasteiger partial charge on any atom is -0.350 e. The Labute approximate surface area is 52.1 Å². The molecule has 0 unspecified atom stereocenters. The number of carbonyl (C=O) groups is 1. The summed E-state index contributed by atoms with van der Waals surface area (Å²) in [7, 11) is 0. The molecule has 0 atom stereocenters. The van der Waals surface area contributed by atoms with Gasteiger partial charge in [-0.1, -0.05) is 0 Å². The summed E-state index contributed by atoms with van der Waals surface area (Å²) in [5, 5.41) is 11.3. The summed E-state index contributed by atoms with van der Waals surface area (Å²) in [5.74, 6) is 0. The molecule has 9 heavy (non-hydrogen) atoms. The molecule has 0 aliphatic rings. The van der Waals surface area contributed by atoms with E-state index in [0.717, 1.165) is 0 Å². The maximum absolute atomic E-state index is 9.91. The second kappa shape index (κ2) is 3.43. The zero-order valence-corrected chi connectivity index (χ0v) is 4.88. The summed E-state index contributed by atoms with van der Waals surface area (Å²) in [5.41, 5.74) is 6.69. The van der Waals surface area contributed by atoms with Crippen LogP contribution in [-0.4, -0.2) is 11.7 Å². The van der Waals surface area contributed by atoms with E-state index in [4.69, 9.17) is 5.26 Å². The average molecular weight is 126 g/mol. The molecular formula is C4H6N4O. The van der Waals surface area contributed by atoms with Gasteiger partial charge in [0.2, 0.25) is 0 Å². The molecule has 0 saturated heterocycles. The molecule has 48 valence electrons. The Bertz CT molecular complexity index is 177. The van der Waals surface area contributed by atoms with Gasteiger partial charge < -0.3 is 5.73 Å². The molecule has 0 aliphatic carbocycles. The molecule has 0 aromatic heterocycles. The highest BCUT2D eigenvalue weighted by atomic mass is 16.2. The van der Waals surface area contributed by atoms with Crippen molar-refractivity contribution < 1.29 is 4.79 Å². The summed E-state index contributed by atoms with van der Waals surface area (Å²) in [6.45, 7) is 1.45. The van der Waals surface area contributed by atoms with Gasteiger partial charge in [0.1, 0.15) is 11.8 Å². The third-order valence-corrected chi connectivity index (χ3v) is 0.496. The molecule has 2 amide bonds. The lowest BCUT2D eigenvalue weighted by Crippen LogP contribution is -2.25. The monoisotopic (exact) mass is 126 g/mol. The van der Waals surface area contributed by atoms with Crippen molar-refractivity contribution in [2.75, 3.05) is 0 Å². The number of primary amides is 1. The molecule has 0 aromatic rings. The van der Waals surface area contributed by atoms with E-state index in [9.17, 15) is 4.79 Å². The van der Waals surface area contributed by atoms with Crippen LogP contribution in [0.1, 0.15) is 6.92 Å². The van der Waals surface area contributed by atoms with Gasteiger partial charge in [-0.2, -0.15) is 10.4 Å². The zero-order valence-electron chi connectivity index (χ0n) is 4.88. The maximum Gasteiger partial charge on any atom is 0.332 e. The van der Waals surface area contributed by atoms with E-state index in [-0.39, 0.29) is 5.71 Å². The highest BCUT2D eigenvalue weighted by Gasteiger charge is 1.86. The highest BCUT2D eigenvalue weighted by molar-refractivity contribution is 5.96. The summed E-state index contributed by atoms with van der Waals surface area (Å²) < 4.78 is 0. The average Bonchev–Trinajstić information content (AvgIpc) is 1.83. The predicted octanol–water partition coefficient (Wildman–Crippen LogP) is -0.446.